The van der Waals surface area contributed by atoms with E-state index < -0.39 is 0 Å². The molecule has 0 aliphatic heterocycles. The number of ether oxygens (including phenoxy) is 2. The van der Waals surface area contributed by atoms with Crippen LogP contribution in [-0.2, 0) is 6.42 Å². The standard InChI is InChI=1S/C13H15NO4/c1-16-11-4-3-9-10(15)7-8(5-6-14)18-12(9)13(11)17-2/h3-4,7H,5-6,14H2,1-2H3. The van der Waals surface area contributed by atoms with Crippen LogP contribution < -0.4 is 20.6 Å². The normalized spacial score (nSPS) is 10.6. The van der Waals surface area contributed by atoms with Crippen molar-refractivity contribution < 1.29 is 13.9 Å². The number of fused-ring (bicyclic) bond motifs is 1. The monoisotopic (exact) mass is 249 g/mol. The lowest BCUT2D eigenvalue weighted by atomic mass is 10.2. The van der Waals surface area contributed by atoms with Crippen LogP contribution in [0.2, 0.25) is 0 Å². The molecule has 2 aromatic rings. The maximum Gasteiger partial charge on any atom is 0.204 e. The Morgan fingerprint density at radius 2 is 2.06 bits per heavy atom. The van der Waals surface area contributed by atoms with E-state index in [2.05, 4.69) is 0 Å². The van der Waals surface area contributed by atoms with E-state index >= 15 is 0 Å². The molecular weight excluding hydrogens is 234 g/mol. The molecule has 2 N–H and O–H groups in total. The second kappa shape index (κ2) is 5.10. The van der Waals surface area contributed by atoms with Gasteiger partial charge in [0.1, 0.15) is 5.76 Å². The first kappa shape index (κ1) is 12.4. The summed E-state index contributed by atoms with van der Waals surface area (Å²) >= 11 is 0. The van der Waals surface area contributed by atoms with E-state index in [1.165, 1.54) is 20.3 Å². The molecular formula is C13H15NO4. The number of methoxy groups -OCH3 is 2. The summed E-state index contributed by atoms with van der Waals surface area (Å²) in [6, 6.07) is 4.80. The van der Waals surface area contributed by atoms with Crippen molar-refractivity contribution in [3.63, 3.8) is 0 Å². The first-order valence-electron chi connectivity index (χ1n) is 5.59. The summed E-state index contributed by atoms with van der Waals surface area (Å²) in [5.74, 6) is 1.49. The van der Waals surface area contributed by atoms with E-state index in [0.29, 0.717) is 41.2 Å². The molecule has 0 unspecified atom stereocenters. The Morgan fingerprint density at radius 1 is 1.28 bits per heavy atom. The predicted molar refractivity (Wildman–Crippen MR) is 68.3 cm³/mol. The zero-order valence-corrected chi connectivity index (χ0v) is 10.4. The third-order valence-electron chi connectivity index (χ3n) is 2.68. The van der Waals surface area contributed by atoms with Crippen LogP contribution in [0.3, 0.4) is 0 Å². The van der Waals surface area contributed by atoms with Crippen LogP contribution in [0.15, 0.2) is 27.4 Å². The van der Waals surface area contributed by atoms with Gasteiger partial charge in [0.05, 0.1) is 19.6 Å². The molecule has 1 aromatic heterocycles. The molecule has 1 heterocycles. The fourth-order valence-corrected chi connectivity index (χ4v) is 1.84. The fourth-order valence-electron chi connectivity index (χ4n) is 1.84. The number of hydrogen-bond donors (Lipinski definition) is 1. The Morgan fingerprint density at radius 3 is 2.67 bits per heavy atom. The number of rotatable bonds is 4. The molecule has 0 aliphatic rings. The average molecular weight is 249 g/mol. The minimum Gasteiger partial charge on any atom is -0.493 e. The summed E-state index contributed by atoms with van der Waals surface area (Å²) in [6.07, 6.45) is 0.506. The Kier molecular flexibility index (Phi) is 3.53. The van der Waals surface area contributed by atoms with Crippen LogP contribution in [0.25, 0.3) is 11.0 Å². The number of hydrogen-bond acceptors (Lipinski definition) is 5. The summed E-state index contributed by atoms with van der Waals surface area (Å²) in [5, 5.41) is 0.466. The molecule has 0 saturated heterocycles. The molecule has 0 bridgehead atoms. The van der Waals surface area contributed by atoms with Gasteiger partial charge >= 0.3 is 0 Å². The van der Waals surface area contributed by atoms with E-state index in [4.69, 9.17) is 19.6 Å². The van der Waals surface area contributed by atoms with Crippen molar-refractivity contribution in [2.45, 2.75) is 6.42 Å². The van der Waals surface area contributed by atoms with Gasteiger partial charge in [0.15, 0.2) is 16.8 Å². The Hall–Kier alpha value is -2.01. The molecule has 96 valence electrons. The Labute approximate surface area is 104 Å². The predicted octanol–water partition coefficient (Wildman–Crippen LogP) is 1.31. The van der Waals surface area contributed by atoms with Crippen LogP contribution in [0.4, 0.5) is 0 Å². The lowest BCUT2D eigenvalue weighted by Gasteiger charge is -2.10. The minimum atomic E-state index is -0.111. The largest absolute Gasteiger partial charge is 0.493 e. The summed E-state index contributed by atoms with van der Waals surface area (Å²) in [5.41, 5.74) is 5.75. The fraction of sp³-hybridized carbons (Fsp3) is 0.308. The summed E-state index contributed by atoms with van der Waals surface area (Å²) in [4.78, 5) is 11.9. The van der Waals surface area contributed by atoms with E-state index in [1.807, 2.05) is 0 Å². The van der Waals surface area contributed by atoms with Crippen LogP contribution in [-0.4, -0.2) is 20.8 Å². The summed E-state index contributed by atoms with van der Waals surface area (Å²) in [7, 11) is 3.04. The Balaban J connectivity index is 2.77. The highest BCUT2D eigenvalue weighted by Crippen LogP contribution is 2.34. The molecule has 1 aromatic carbocycles. The minimum absolute atomic E-state index is 0.111. The van der Waals surface area contributed by atoms with E-state index in [9.17, 15) is 4.79 Å². The highest BCUT2D eigenvalue weighted by Gasteiger charge is 2.14. The average Bonchev–Trinajstić information content (AvgIpc) is 2.37. The van der Waals surface area contributed by atoms with Gasteiger partial charge in [-0.3, -0.25) is 4.79 Å². The van der Waals surface area contributed by atoms with Gasteiger partial charge in [-0.1, -0.05) is 0 Å². The molecule has 5 nitrogen and oxygen atoms in total. The van der Waals surface area contributed by atoms with Gasteiger partial charge in [0.25, 0.3) is 0 Å². The third-order valence-corrected chi connectivity index (χ3v) is 2.68. The van der Waals surface area contributed by atoms with Gasteiger partial charge in [-0.15, -0.1) is 0 Å². The van der Waals surface area contributed by atoms with Crippen LogP contribution in [0.5, 0.6) is 11.5 Å². The van der Waals surface area contributed by atoms with Crippen molar-refractivity contribution in [1.82, 2.24) is 0 Å². The van der Waals surface area contributed by atoms with Crippen LogP contribution >= 0.6 is 0 Å². The molecule has 2 rings (SSSR count). The van der Waals surface area contributed by atoms with Crippen molar-refractivity contribution in [2.75, 3.05) is 20.8 Å². The topological polar surface area (TPSA) is 74.7 Å². The highest BCUT2D eigenvalue weighted by atomic mass is 16.5. The second-order valence-corrected chi connectivity index (χ2v) is 3.79. The van der Waals surface area contributed by atoms with Crippen LogP contribution in [0.1, 0.15) is 5.76 Å². The first-order valence-corrected chi connectivity index (χ1v) is 5.59. The Bertz CT molecular complexity index is 618. The SMILES string of the molecule is COc1ccc2c(=O)cc(CCN)oc2c1OC. The summed E-state index contributed by atoms with van der Waals surface area (Å²) < 4.78 is 16.1. The van der Waals surface area contributed by atoms with E-state index in [-0.39, 0.29) is 5.43 Å². The maximum atomic E-state index is 11.9. The lowest BCUT2D eigenvalue weighted by Crippen LogP contribution is -2.08. The molecule has 18 heavy (non-hydrogen) atoms. The molecule has 0 amide bonds. The summed E-state index contributed by atoms with van der Waals surface area (Å²) in [6.45, 7) is 0.417. The molecule has 5 heteroatoms. The van der Waals surface area contributed by atoms with Crippen molar-refractivity contribution >= 4 is 11.0 Å². The van der Waals surface area contributed by atoms with Gasteiger partial charge in [-0.2, -0.15) is 0 Å². The number of nitrogens with two attached hydrogens (primary N) is 1. The van der Waals surface area contributed by atoms with E-state index in [1.54, 1.807) is 12.1 Å². The van der Waals surface area contributed by atoms with Gasteiger partial charge in [0, 0.05) is 12.5 Å². The molecule has 0 saturated carbocycles. The van der Waals surface area contributed by atoms with Crippen molar-refractivity contribution in [2.24, 2.45) is 5.73 Å². The molecule has 0 fully saturated rings. The van der Waals surface area contributed by atoms with Gasteiger partial charge in [-0.05, 0) is 18.7 Å². The third kappa shape index (κ3) is 2.04. The van der Waals surface area contributed by atoms with Crippen LogP contribution in [0, 0.1) is 0 Å². The smallest absolute Gasteiger partial charge is 0.204 e. The molecule has 0 radical (unpaired) electrons. The molecule has 0 atom stereocenters. The van der Waals surface area contributed by atoms with E-state index in [0.717, 1.165) is 0 Å². The van der Waals surface area contributed by atoms with Crippen molar-refractivity contribution in [3.05, 3.63) is 34.2 Å². The van der Waals surface area contributed by atoms with Gasteiger partial charge < -0.3 is 19.6 Å². The van der Waals surface area contributed by atoms with Crippen molar-refractivity contribution in [3.8, 4) is 11.5 Å². The zero-order chi connectivity index (χ0) is 13.1. The highest BCUT2D eigenvalue weighted by molar-refractivity contribution is 5.85. The molecule has 0 spiro atoms. The number of benzene rings is 1. The quantitative estimate of drug-likeness (QED) is 0.884. The maximum absolute atomic E-state index is 11.9. The first-order chi connectivity index (χ1) is 8.71. The van der Waals surface area contributed by atoms with Crippen molar-refractivity contribution in [1.29, 1.82) is 0 Å². The van der Waals surface area contributed by atoms with Gasteiger partial charge in [-0.25, -0.2) is 0 Å². The lowest BCUT2D eigenvalue weighted by molar-refractivity contribution is 0.351. The second-order valence-electron chi connectivity index (χ2n) is 3.79. The molecule has 0 aliphatic carbocycles. The zero-order valence-electron chi connectivity index (χ0n) is 10.4. The van der Waals surface area contributed by atoms with Gasteiger partial charge in [0.2, 0.25) is 5.75 Å².